The van der Waals surface area contributed by atoms with Crippen molar-refractivity contribution in [3.05, 3.63) is 41.4 Å². The average molecular weight is 368 g/mol. The molecule has 2 aliphatic rings. The molecule has 2 bridgehead atoms. The van der Waals surface area contributed by atoms with Crippen LogP contribution >= 0.6 is 0 Å². The van der Waals surface area contributed by atoms with E-state index in [9.17, 15) is 15.1 Å². The molecule has 2 saturated carbocycles. The first-order valence-corrected chi connectivity index (χ1v) is 9.80. The van der Waals surface area contributed by atoms with E-state index >= 15 is 0 Å². The maximum Gasteiger partial charge on any atom is 0.441 e. The zero-order valence-corrected chi connectivity index (χ0v) is 16.4. The van der Waals surface area contributed by atoms with E-state index in [1.54, 1.807) is 0 Å². The first-order valence-electron chi connectivity index (χ1n) is 9.80. The van der Waals surface area contributed by atoms with Gasteiger partial charge in [-0.1, -0.05) is 51.1 Å². The summed E-state index contributed by atoms with van der Waals surface area (Å²) in [5.74, 6) is -0.737. The second kappa shape index (κ2) is 7.40. The van der Waals surface area contributed by atoms with Crippen molar-refractivity contribution in [3.63, 3.8) is 0 Å². The molecular weight excluding hydrogens is 340 g/mol. The van der Waals surface area contributed by atoms with Crippen molar-refractivity contribution in [3.8, 4) is 0 Å². The van der Waals surface area contributed by atoms with Gasteiger partial charge in [0.15, 0.2) is 0 Å². The van der Waals surface area contributed by atoms with Gasteiger partial charge in [0.2, 0.25) is 0 Å². The molecule has 0 unspecified atom stereocenters. The van der Waals surface area contributed by atoms with Gasteiger partial charge in [0.05, 0.1) is 0 Å². The second-order valence-electron chi connectivity index (χ2n) is 8.72. The number of ether oxygens (including phenoxy) is 1. The predicted octanol–water partition coefficient (Wildman–Crippen LogP) is 4.01. The number of rotatable bonds is 7. The van der Waals surface area contributed by atoms with Crippen LogP contribution in [-0.4, -0.2) is 28.4 Å². The molecule has 1 aromatic rings. The Bertz CT molecular complexity index is 780. The summed E-state index contributed by atoms with van der Waals surface area (Å²) in [4.78, 5) is 27.8. The minimum absolute atomic E-state index is 0.0930. The van der Waals surface area contributed by atoms with Crippen LogP contribution in [0.1, 0.15) is 58.4 Å². The van der Waals surface area contributed by atoms with Crippen molar-refractivity contribution in [2.75, 3.05) is 0 Å². The van der Waals surface area contributed by atoms with Gasteiger partial charge in [-0.25, -0.2) is 4.79 Å². The lowest BCUT2D eigenvalue weighted by Crippen LogP contribution is -2.40. The molecule has 1 aromatic carbocycles. The quantitative estimate of drug-likeness (QED) is 0.240. The van der Waals surface area contributed by atoms with Crippen LogP contribution < -0.4 is 0 Å². The van der Waals surface area contributed by atoms with Crippen molar-refractivity contribution < 1.29 is 19.1 Å². The minimum atomic E-state index is -0.795. The molecule has 2 fully saturated rings. The molecule has 0 heterocycles. The number of carbonyl (C=O) groups is 2. The summed E-state index contributed by atoms with van der Waals surface area (Å²) in [6.45, 7) is 6.62. The smallest absolute Gasteiger partial charge is 0.441 e. The fourth-order valence-corrected chi connectivity index (χ4v) is 4.92. The lowest BCUT2D eigenvalue weighted by Gasteiger charge is -2.38. The predicted molar refractivity (Wildman–Crippen MR) is 102 cm³/mol. The van der Waals surface area contributed by atoms with Crippen LogP contribution in [0.25, 0.3) is 5.53 Å². The maximum absolute atomic E-state index is 12.5. The fourth-order valence-electron chi connectivity index (χ4n) is 4.92. The van der Waals surface area contributed by atoms with Crippen molar-refractivity contribution in [2.45, 2.75) is 65.4 Å². The molecule has 5 nitrogen and oxygen atoms in total. The second-order valence-corrected chi connectivity index (χ2v) is 8.72. The molecule has 0 saturated heterocycles. The summed E-state index contributed by atoms with van der Waals surface area (Å²) in [6.07, 6.45) is 4.22. The van der Waals surface area contributed by atoms with Gasteiger partial charge in [0.1, 0.15) is 6.10 Å². The lowest BCUT2D eigenvalue weighted by atomic mass is 9.70. The first-order chi connectivity index (χ1) is 12.8. The number of hydrogen-bond donors (Lipinski definition) is 0. The van der Waals surface area contributed by atoms with Crippen LogP contribution in [0.2, 0.25) is 0 Å². The SMILES string of the molecule is CC1(C)[C@@H]2CC[C@@]1(C)[C@H](OC(=O)C(=[N+]=[N-])C(=O)CCCc1ccccc1)C2. The number of fused-ring (bicyclic) bond motifs is 2. The molecule has 5 heteroatoms. The summed E-state index contributed by atoms with van der Waals surface area (Å²) < 4.78 is 5.67. The lowest BCUT2D eigenvalue weighted by molar-refractivity contribution is -0.154. The highest BCUT2D eigenvalue weighted by molar-refractivity contribution is 6.62. The molecule has 0 spiro atoms. The van der Waals surface area contributed by atoms with Gasteiger partial charge in [0.25, 0.3) is 5.78 Å². The number of Topliss-reactive ketones (excluding diaryl/α,β-unsaturated/α-hetero) is 1. The highest BCUT2D eigenvalue weighted by atomic mass is 16.5. The van der Waals surface area contributed by atoms with Crippen LogP contribution in [0.4, 0.5) is 0 Å². The zero-order chi connectivity index (χ0) is 19.7. The topological polar surface area (TPSA) is 79.8 Å². The van der Waals surface area contributed by atoms with Crippen LogP contribution in [-0.2, 0) is 20.7 Å². The molecule has 2 aliphatic carbocycles. The van der Waals surface area contributed by atoms with E-state index in [1.807, 2.05) is 30.3 Å². The molecule has 27 heavy (non-hydrogen) atoms. The Hall–Kier alpha value is -2.26. The summed E-state index contributed by atoms with van der Waals surface area (Å²) in [5, 5.41) is 0. The molecule has 3 rings (SSSR count). The Morgan fingerprint density at radius 2 is 1.93 bits per heavy atom. The van der Waals surface area contributed by atoms with E-state index in [1.165, 1.54) is 0 Å². The fraction of sp³-hybridized carbons (Fsp3) is 0.591. The Morgan fingerprint density at radius 1 is 1.22 bits per heavy atom. The highest BCUT2D eigenvalue weighted by Gasteiger charge is 2.63. The Kier molecular flexibility index (Phi) is 5.34. The molecule has 0 radical (unpaired) electrons. The number of hydrogen-bond acceptors (Lipinski definition) is 3. The number of ketones is 1. The van der Waals surface area contributed by atoms with Gasteiger partial charge < -0.3 is 10.3 Å². The summed E-state index contributed by atoms with van der Waals surface area (Å²) in [7, 11) is 0. The average Bonchev–Trinajstić information content (AvgIpc) is 2.97. The standard InChI is InChI=1S/C22H28N2O3/c1-21(2)16-12-13-22(21,3)18(14-16)27-20(26)19(24-23)17(25)11-7-10-15-8-5-4-6-9-15/h4-6,8-9,16,18H,7,10-14H2,1-3H3/t16-,18-,22+/m1/s1. The van der Waals surface area contributed by atoms with Crippen LogP contribution in [0.5, 0.6) is 0 Å². The monoisotopic (exact) mass is 368 g/mol. The van der Waals surface area contributed by atoms with E-state index in [4.69, 9.17) is 4.74 Å². The van der Waals surface area contributed by atoms with E-state index in [0.29, 0.717) is 12.3 Å². The van der Waals surface area contributed by atoms with Crippen LogP contribution in [0, 0.1) is 16.7 Å². The van der Waals surface area contributed by atoms with Gasteiger partial charge in [-0.2, -0.15) is 4.79 Å². The zero-order valence-electron chi connectivity index (χ0n) is 16.4. The van der Waals surface area contributed by atoms with Gasteiger partial charge >= 0.3 is 11.7 Å². The van der Waals surface area contributed by atoms with E-state index in [0.717, 1.165) is 31.2 Å². The molecule has 144 valence electrons. The maximum atomic E-state index is 12.5. The van der Waals surface area contributed by atoms with Gasteiger partial charge in [0, 0.05) is 11.8 Å². The number of benzene rings is 1. The third-order valence-corrected chi connectivity index (χ3v) is 7.23. The van der Waals surface area contributed by atoms with E-state index in [2.05, 4.69) is 25.6 Å². The summed E-state index contributed by atoms with van der Waals surface area (Å²) in [6, 6.07) is 9.84. The highest BCUT2D eigenvalue weighted by Crippen LogP contribution is 2.66. The Labute approximate surface area is 160 Å². The summed E-state index contributed by atoms with van der Waals surface area (Å²) in [5.41, 5.74) is 9.89. The van der Waals surface area contributed by atoms with Crippen LogP contribution in [0.15, 0.2) is 30.3 Å². The third kappa shape index (κ3) is 3.49. The van der Waals surface area contributed by atoms with Crippen molar-refractivity contribution in [1.29, 1.82) is 0 Å². The number of esters is 1. The van der Waals surface area contributed by atoms with Crippen molar-refractivity contribution >= 4 is 17.5 Å². The van der Waals surface area contributed by atoms with Crippen LogP contribution in [0.3, 0.4) is 0 Å². The third-order valence-electron chi connectivity index (χ3n) is 7.23. The largest absolute Gasteiger partial charge is 0.453 e. The normalized spacial score (nSPS) is 27.8. The number of aryl methyl sites for hydroxylation is 1. The van der Waals surface area contributed by atoms with Crippen molar-refractivity contribution in [2.24, 2.45) is 16.7 Å². The first kappa shape index (κ1) is 19.5. The van der Waals surface area contributed by atoms with Crippen molar-refractivity contribution in [1.82, 2.24) is 0 Å². The molecule has 3 atom stereocenters. The molecule has 0 aromatic heterocycles. The molecule has 0 aliphatic heterocycles. The van der Waals surface area contributed by atoms with Gasteiger partial charge in [-0.15, -0.1) is 0 Å². The van der Waals surface area contributed by atoms with E-state index in [-0.39, 0.29) is 23.4 Å². The van der Waals surface area contributed by atoms with Gasteiger partial charge in [-0.3, -0.25) is 4.79 Å². The van der Waals surface area contributed by atoms with Gasteiger partial charge in [-0.05, 0) is 49.0 Å². The summed E-state index contributed by atoms with van der Waals surface area (Å²) >= 11 is 0. The molecular formula is C22H28N2O3. The van der Waals surface area contributed by atoms with E-state index < -0.39 is 17.5 Å². The number of carbonyl (C=O) groups excluding carboxylic acids is 2. The number of nitrogens with zero attached hydrogens (tertiary/aromatic N) is 2. The Morgan fingerprint density at radius 3 is 2.48 bits per heavy atom. The molecule has 0 amide bonds. The minimum Gasteiger partial charge on any atom is -0.453 e. The Balaban J connectivity index is 1.57. The molecule has 0 N–H and O–H groups in total.